The maximum atomic E-state index is 10.7. The Labute approximate surface area is 159 Å². The fourth-order valence-electron chi connectivity index (χ4n) is 3.36. The van der Waals surface area contributed by atoms with E-state index in [-0.39, 0.29) is 5.69 Å². The zero-order valence-corrected chi connectivity index (χ0v) is 15.5. The Morgan fingerprint density at radius 3 is 2.59 bits per heavy atom. The van der Waals surface area contributed by atoms with Crippen molar-refractivity contribution in [2.45, 2.75) is 12.3 Å². The molecule has 0 radical (unpaired) electrons. The van der Waals surface area contributed by atoms with Crippen molar-refractivity contribution in [3.8, 4) is 0 Å². The third-order valence-electron chi connectivity index (χ3n) is 4.79. The van der Waals surface area contributed by atoms with E-state index >= 15 is 0 Å². The van der Waals surface area contributed by atoms with Crippen LogP contribution in [0, 0.1) is 10.1 Å². The lowest BCUT2D eigenvalue weighted by Gasteiger charge is -2.22. The maximum Gasteiger partial charge on any atom is 0.269 e. The van der Waals surface area contributed by atoms with Gasteiger partial charge in [0.1, 0.15) is 0 Å². The molecule has 1 saturated heterocycles. The van der Waals surface area contributed by atoms with E-state index in [1.807, 2.05) is 7.05 Å². The van der Waals surface area contributed by atoms with Crippen LogP contribution in [0.2, 0.25) is 0 Å². The van der Waals surface area contributed by atoms with Gasteiger partial charge in [0.25, 0.3) is 5.69 Å². The van der Waals surface area contributed by atoms with Crippen LogP contribution in [0.1, 0.15) is 17.9 Å². The molecule has 2 aromatic carbocycles. The Kier molecular flexibility index (Phi) is 6.25. The Hall–Kier alpha value is -3.09. The lowest BCUT2D eigenvalue weighted by Crippen LogP contribution is -2.41. The van der Waals surface area contributed by atoms with Crippen molar-refractivity contribution in [2.24, 2.45) is 4.99 Å². The number of non-ortho nitro benzene ring substituents is 1. The van der Waals surface area contributed by atoms with Crippen LogP contribution in [0.5, 0.6) is 0 Å². The first-order valence-electron chi connectivity index (χ1n) is 9.16. The van der Waals surface area contributed by atoms with E-state index in [9.17, 15) is 10.1 Å². The number of anilines is 1. The topological polar surface area (TPSA) is 82.8 Å². The zero-order chi connectivity index (χ0) is 19.1. The zero-order valence-electron chi connectivity index (χ0n) is 15.5. The lowest BCUT2D eigenvalue weighted by atomic mass is 9.99. The minimum Gasteiger partial charge on any atom is -0.383 e. The molecule has 1 heterocycles. The molecule has 1 fully saturated rings. The molecular formula is C20H25N5O2. The second kappa shape index (κ2) is 9.02. The molecule has 3 rings (SSSR count). The first-order chi connectivity index (χ1) is 13.2. The normalized spacial score (nSPS) is 17.0. The minimum atomic E-state index is -0.395. The van der Waals surface area contributed by atoms with Gasteiger partial charge in [-0.15, -0.1) is 0 Å². The first-order valence-corrected chi connectivity index (χ1v) is 9.16. The number of nitrogens with one attached hydrogen (secondary N) is 2. The van der Waals surface area contributed by atoms with Gasteiger partial charge >= 0.3 is 0 Å². The molecule has 0 aromatic heterocycles. The van der Waals surface area contributed by atoms with E-state index in [2.05, 4.69) is 50.9 Å². The number of hydrogen-bond donors (Lipinski definition) is 2. The molecule has 2 aromatic rings. The molecule has 27 heavy (non-hydrogen) atoms. The smallest absolute Gasteiger partial charge is 0.269 e. The van der Waals surface area contributed by atoms with Gasteiger partial charge in [0, 0.05) is 57.0 Å². The van der Waals surface area contributed by atoms with Gasteiger partial charge in [0.05, 0.1) is 4.92 Å². The Bertz CT molecular complexity index is 777. The summed E-state index contributed by atoms with van der Waals surface area (Å²) in [7, 11) is 1.81. The fraction of sp³-hybridized carbons (Fsp3) is 0.350. The van der Waals surface area contributed by atoms with E-state index in [1.165, 1.54) is 17.7 Å². The number of aliphatic imine (C=N–C) groups is 1. The van der Waals surface area contributed by atoms with Crippen LogP contribution in [0.15, 0.2) is 59.6 Å². The van der Waals surface area contributed by atoms with E-state index in [0.717, 1.165) is 37.7 Å². The van der Waals surface area contributed by atoms with E-state index in [4.69, 9.17) is 0 Å². The van der Waals surface area contributed by atoms with Gasteiger partial charge in [-0.3, -0.25) is 15.1 Å². The lowest BCUT2D eigenvalue weighted by molar-refractivity contribution is -0.384. The molecule has 0 amide bonds. The van der Waals surface area contributed by atoms with Crippen LogP contribution < -0.4 is 10.6 Å². The highest BCUT2D eigenvalue weighted by Crippen LogP contribution is 2.26. The summed E-state index contributed by atoms with van der Waals surface area (Å²) < 4.78 is 0. The van der Waals surface area contributed by atoms with Crippen LogP contribution in [0.25, 0.3) is 0 Å². The molecule has 0 saturated carbocycles. The van der Waals surface area contributed by atoms with E-state index in [1.54, 1.807) is 12.1 Å². The third-order valence-corrected chi connectivity index (χ3v) is 4.79. The van der Waals surface area contributed by atoms with Crippen LogP contribution in [0.4, 0.5) is 11.4 Å². The molecule has 0 aliphatic carbocycles. The summed E-state index contributed by atoms with van der Waals surface area (Å²) in [6, 6.07) is 17.1. The van der Waals surface area contributed by atoms with Gasteiger partial charge in [-0.1, -0.05) is 30.3 Å². The van der Waals surface area contributed by atoms with Crippen molar-refractivity contribution in [1.82, 2.24) is 10.2 Å². The monoisotopic (exact) mass is 367 g/mol. The summed E-state index contributed by atoms with van der Waals surface area (Å²) in [6.07, 6.45) is 1.13. The largest absolute Gasteiger partial charge is 0.383 e. The summed E-state index contributed by atoms with van der Waals surface area (Å²) >= 11 is 0. The molecular weight excluding hydrogens is 342 g/mol. The number of benzene rings is 2. The number of guanidine groups is 1. The number of nitro groups is 1. The number of nitrogens with zero attached hydrogens (tertiary/aromatic N) is 3. The summed E-state index contributed by atoms with van der Waals surface area (Å²) in [5.74, 6) is 1.46. The Morgan fingerprint density at radius 2 is 1.93 bits per heavy atom. The number of rotatable bonds is 6. The van der Waals surface area contributed by atoms with Gasteiger partial charge in [-0.2, -0.15) is 0 Å². The number of likely N-dealkylation sites (tertiary alicyclic amines) is 1. The van der Waals surface area contributed by atoms with Crippen molar-refractivity contribution in [3.05, 3.63) is 70.3 Å². The molecule has 1 atom stereocenters. The second-order valence-electron chi connectivity index (χ2n) is 6.55. The SMILES string of the molecule is CN=C(NCCNc1ccc([N+](=O)[O-])cc1)N1CCC(c2ccccc2)C1. The Morgan fingerprint density at radius 1 is 1.19 bits per heavy atom. The second-order valence-corrected chi connectivity index (χ2v) is 6.55. The van der Waals surface area contributed by atoms with Crippen LogP contribution in [-0.4, -0.2) is 49.0 Å². The van der Waals surface area contributed by atoms with Gasteiger partial charge < -0.3 is 15.5 Å². The van der Waals surface area contributed by atoms with Gasteiger partial charge in [0.2, 0.25) is 0 Å². The molecule has 142 valence electrons. The molecule has 2 N–H and O–H groups in total. The van der Waals surface area contributed by atoms with Crippen molar-refractivity contribution >= 4 is 17.3 Å². The quantitative estimate of drug-likeness (QED) is 0.270. The number of hydrogen-bond acceptors (Lipinski definition) is 4. The molecule has 1 aliphatic heterocycles. The van der Waals surface area contributed by atoms with Gasteiger partial charge in [-0.05, 0) is 24.1 Å². The van der Waals surface area contributed by atoms with Crippen molar-refractivity contribution in [3.63, 3.8) is 0 Å². The Balaban J connectivity index is 1.44. The third kappa shape index (κ3) is 4.97. The van der Waals surface area contributed by atoms with Crippen LogP contribution >= 0.6 is 0 Å². The fourth-order valence-corrected chi connectivity index (χ4v) is 3.36. The predicted molar refractivity (Wildman–Crippen MR) is 108 cm³/mol. The van der Waals surface area contributed by atoms with Crippen LogP contribution in [0.3, 0.4) is 0 Å². The van der Waals surface area contributed by atoms with Gasteiger partial charge in [-0.25, -0.2) is 0 Å². The highest BCUT2D eigenvalue weighted by molar-refractivity contribution is 5.80. The summed E-state index contributed by atoms with van der Waals surface area (Å²) in [5, 5.41) is 17.3. The average molecular weight is 367 g/mol. The minimum absolute atomic E-state index is 0.0982. The standard InChI is InChI=1S/C20H25N5O2/c1-21-20(24-14-11-17(15-24)16-5-3-2-4-6-16)23-13-12-22-18-7-9-19(10-8-18)25(26)27/h2-10,17,22H,11-15H2,1H3,(H,21,23). The molecule has 7 nitrogen and oxygen atoms in total. The van der Waals surface area contributed by atoms with Crippen molar-refractivity contribution in [2.75, 3.05) is 38.5 Å². The number of nitro benzene ring substituents is 1. The van der Waals surface area contributed by atoms with Crippen LogP contribution in [-0.2, 0) is 0 Å². The predicted octanol–water partition coefficient (Wildman–Crippen LogP) is 3.07. The molecule has 1 unspecified atom stereocenters. The summed E-state index contributed by atoms with van der Waals surface area (Å²) in [6.45, 7) is 3.39. The average Bonchev–Trinajstić information content (AvgIpc) is 3.19. The summed E-state index contributed by atoms with van der Waals surface area (Å²) in [5.41, 5.74) is 2.35. The summed E-state index contributed by atoms with van der Waals surface area (Å²) in [4.78, 5) is 17.0. The van der Waals surface area contributed by atoms with Crippen molar-refractivity contribution in [1.29, 1.82) is 0 Å². The van der Waals surface area contributed by atoms with Crippen molar-refractivity contribution < 1.29 is 4.92 Å². The highest BCUT2D eigenvalue weighted by atomic mass is 16.6. The van der Waals surface area contributed by atoms with E-state index in [0.29, 0.717) is 12.5 Å². The van der Waals surface area contributed by atoms with Gasteiger partial charge in [0.15, 0.2) is 5.96 Å². The molecule has 1 aliphatic rings. The first kappa shape index (κ1) is 18.7. The van der Waals surface area contributed by atoms with E-state index < -0.39 is 4.92 Å². The molecule has 7 heteroatoms. The maximum absolute atomic E-state index is 10.7. The highest BCUT2D eigenvalue weighted by Gasteiger charge is 2.25. The molecule has 0 spiro atoms. The molecule has 0 bridgehead atoms.